The minimum atomic E-state index is 0. The molecule has 0 fully saturated rings. The molecule has 0 unspecified atom stereocenters. The van der Waals surface area contributed by atoms with Gasteiger partial charge in [-0.1, -0.05) is 55.5 Å². The fourth-order valence-corrected chi connectivity index (χ4v) is 2.08. The summed E-state index contributed by atoms with van der Waals surface area (Å²) in [6.07, 6.45) is 4.60. The summed E-state index contributed by atoms with van der Waals surface area (Å²) in [7, 11) is 0. The Morgan fingerprint density at radius 1 is 1.04 bits per heavy atom. The molecule has 0 saturated heterocycles. The standard InChI is InChI=1S/C15H23Cl2N5.ClH/c1-2-3-4-5-8-20-14(18)22-15(19)21-10-11-6-7-12(16)13(17)9-11;/h6-7,9H,2-5,8,10H2,1H3,(H5,18,19,20,21,22);1H. The average Bonchev–Trinajstić information content (AvgIpc) is 2.48. The van der Waals surface area contributed by atoms with E-state index in [4.69, 9.17) is 34.7 Å². The van der Waals surface area contributed by atoms with Gasteiger partial charge in [-0.3, -0.25) is 10.3 Å². The zero-order valence-corrected chi connectivity index (χ0v) is 15.5. The Labute approximate surface area is 153 Å². The first-order valence-electron chi connectivity index (χ1n) is 7.33. The van der Waals surface area contributed by atoms with E-state index in [1.54, 1.807) is 12.1 Å². The molecule has 0 amide bonds. The molecule has 0 bridgehead atoms. The second-order valence-electron chi connectivity index (χ2n) is 4.90. The lowest BCUT2D eigenvalue weighted by atomic mass is 10.2. The molecule has 0 atom stereocenters. The minimum absolute atomic E-state index is 0. The van der Waals surface area contributed by atoms with Crippen LogP contribution < -0.4 is 16.8 Å². The van der Waals surface area contributed by atoms with Crippen molar-refractivity contribution in [3.8, 4) is 0 Å². The molecule has 5 nitrogen and oxygen atoms in total. The van der Waals surface area contributed by atoms with E-state index in [1.807, 2.05) is 6.07 Å². The van der Waals surface area contributed by atoms with Gasteiger partial charge in [0.15, 0.2) is 11.9 Å². The van der Waals surface area contributed by atoms with Crippen LogP contribution in [0.25, 0.3) is 0 Å². The summed E-state index contributed by atoms with van der Waals surface area (Å²) in [6, 6.07) is 5.33. The Balaban J connectivity index is 0.00000484. The van der Waals surface area contributed by atoms with Crippen LogP contribution in [0.5, 0.6) is 0 Å². The Bertz CT molecular complexity index is 532. The highest BCUT2D eigenvalue weighted by Crippen LogP contribution is 2.22. The number of rotatable bonds is 7. The van der Waals surface area contributed by atoms with E-state index in [9.17, 15) is 0 Å². The predicted molar refractivity (Wildman–Crippen MR) is 103 cm³/mol. The van der Waals surface area contributed by atoms with E-state index in [-0.39, 0.29) is 24.3 Å². The third kappa shape index (κ3) is 9.54. The number of hydrogen-bond donors (Lipinski definition) is 3. The quantitative estimate of drug-likeness (QED) is 0.382. The van der Waals surface area contributed by atoms with Gasteiger partial charge in [-0.25, -0.2) is 4.99 Å². The van der Waals surface area contributed by atoms with E-state index in [0.29, 0.717) is 23.1 Å². The lowest BCUT2D eigenvalue weighted by Gasteiger charge is -2.05. The van der Waals surface area contributed by atoms with Crippen molar-refractivity contribution in [2.24, 2.45) is 21.5 Å². The molecule has 23 heavy (non-hydrogen) atoms. The normalized spacial score (nSPS) is 12.0. The van der Waals surface area contributed by atoms with Crippen molar-refractivity contribution >= 4 is 47.5 Å². The number of benzene rings is 1. The van der Waals surface area contributed by atoms with E-state index in [0.717, 1.165) is 18.4 Å². The zero-order chi connectivity index (χ0) is 16.4. The number of nitrogens with two attached hydrogens (primary N) is 2. The summed E-state index contributed by atoms with van der Waals surface area (Å²) >= 11 is 11.8. The molecule has 1 aromatic carbocycles. The molecule has 0 saturated carbocycles. The van der Waals surface area contributed by atoms with Gasteiger partial charge in [-0.2, -0.15) is 0 Å². The van der Waals surface area contributed by atoms with Crippen molar-refractivity contribution in [1.29, 1.82) is 0 Å². The molecule has 130 valence electrons. The average molecular weight is 381 g/mol. The van der Waals surface area contributed by atoms with Crippen LogP contribution in [-0.4, -0.2) is 18.5 Å². The van der Waals surface area contributed by atoms with Crippen LogP contribution in [0.3, 0.4) is 0 Å². The Kier molecular flexibility index (Phi) is 11.7. The maximum atomic E-state index is 5.94. The van der Waals surface area contributed by atoms with Crippen molar-refractivity contribution in [3.63, 3.8) is 0 Å². The van der Waals surface area contributed by atoms with Crippen LogP contribution in [0.15, 0.2) is 28.2 Å². The number of nitrogens with zero attached hydrogens (tertiary/aromatic N) is 2. The lowest BCUT2D eigenvalue weighted by Crippen LogP contribution is -2.41. The van der Waals surface area contributed by atoms with E-state index >= 15 is 0 Å². The summed E-state index contributed by atoms with van der Waals surface area (Å²) in [5.41, 5.74) is 12.4. The third-order valence-corrected chi connectivity index (χ3v) is 3.70. The van der Waals surface area contributed by atoms with Crippen molar-refractivity contribution in [3.05, 3.63) is 33.8 Å². The number of halogens is 3. The number of hydrogen-bond acceptors (Lipinski definition) is 2. The highest BCUT2D eigenvalue weighted by atomic mass is 35.5. The zero-order valence-electron chi connectivity index (χ0n) is 13.2. The molecular formula is C15H24Cl3N5. The molecule has 0 aliphatic carbocycles. The molecule has 0 aliphatic rings. The molecule has 0 radical (unpaired) electrons. The van der Waals surface area contributed by atoms with Crippen LogP contribution in [0.1, 0.15) is 38.2 Å². The second kappa shape index (κ2) is 12.3. The van der Waals surface area contributed by atoms with Gasteiger partial charge in [-0.05, 0) is 24.1 Å². The maximum Gasteiger partial charge on any atom is 0.195 e. The van der Waals surface area contributed by atoms with Crippen LogP contribution in [-0.2, 0) is 6.54 Å². The Hall–Kier alpha value is -1.17. The van der Waals surface area contributed by atoms with Gasteiger partial charge in [0.25, 0.3) is 0 Å². The summed E-state index contributed by atoms with van der Waals surface area (Å²) in [4.78, 5) is 8.38. The van der Waals surface area contributed by atoms with E-state index in [1.165, 1.54) is 12.8 Å². The number of aliphatic imine (C=N–C) groups is 2. The number of nitrogens with one attached hydrogen (secondary N) is 1. The number of guanidine groups is 2. The molecule has 1 rings (SSSR count). The smallest absolute Gasteiger partial charge is 0.195 e. The SMILES string of the molecule is CCCCCCN=C(N)NC(N)=NCc1ccc(Cl)c(Cl)c1.Cl. The van der Waals surface area contributed by atoms with Crippen LogP contribution in [0.4, 0.5) is 0 Å². The highest BCUT2D eigenvalue weighted by molar-refractivity contribution is 6.42. The van der Waals surface area contributed by atoms with Gasteiger partial charge in [0, 0.05) is 6.54 Å². The predicted octanol–water partition coefficient (Wildman–Crippen LogP) is 3.71. The third-order valence-electron chi connectivity index (χ3n) is 2.97. The lowest BCUT2D eigenvalue weighted by molar-refractivity contribution is 0.674. The molecule has 0 spiro atoms. The molecule has 8 heteroatoms. The van der Waals surface area contributed by atoms with Gasteiger partial charge in [-0.15, -0.1) is 12.4 Å². The largest absolute Gasteiger partial charge is 0.370 e. The molecule has 0 aliphatic heterocycles. The van der Waals surface area contributed by atoms with Gasteiger partial charge >= 0.3 is 0 Å². The molecule has 5 N–H and O–H groups in total. The van der Waals surface area contributed by atoms with Gasteiger partial charge in [0.2, 0.25) is 0 Å². The molecular weight excluding hydrogens is 357 g/mol. The van der Waals surface area contributed by atoms with Crippen molar-refractivity contribution in [2.45, 2.75) is 39.2 Å². The number of unbranched alkanes of at least 4 members (excludes halogenated alkanes) is 3. The fourth-order valence-electron chi connectivity index (χ4n) is 1.76. The second-order valence-corrected chi connectivity index (χ2v) is 5.72. The van der Waals surface area contributed by atoms with Gasteiger partial charge in [0.1, 0.15) is 0 Å². The molecule has 0 aromatic heterocycles. The van der Waals surface area contributed by atoms with Crippen molar-refractivity contribution in [1.82, 2.24) is 5.32 Å². The molecule has 0 heterocycles. The summed E-state index contributed by atoms with van der Waals surface area (Å²) in [5.74, 6) is 0.507. The van der Waals surface area contributed by atoms with Gasteiger partial charge in [0.05, 0.1) is 16.6 Å². The summed E-state index contributed by atoms with van der Waals surface area (Å²) in [5, 5.41) is 3.77. The Morgan fingerprint density at radius 2 is 1.74 bits per heavy atom. The van der Waals surface area contributed by atoms with Crippen LogP contribution in [0.2, 0.25) is 10.0 Å². The Morgan fingerprint density at radius 3 is 2.39 bits per heavy atom. The fraction of sp³-hybridized carbons (Fsp3) is 0.467. The minimum Gasteiger partial charge on any atom is -0.370 e. The van der Waals surface area contributed by atoms with Crippen LogP contribution >= 0.6 is 35.6 Å². The molecule has 1 aromatic rings. The highest BCUT2D eigenvalue weighted by Gasteiger charge is 2.00. The summed E-state index contributed by atoms with van der Waals surface area (Å²) in [6.45, 7) is 3.25. The van der Waals surface area contributed by atoms with Crippen molar-refractivity contribution in [2.75, 3.05) is 6.54 Å². The van der Waals surface area contributed by atoms with E-state index in [2.05, 4.69) is 22.2 Å². The monoisotopic (exact) mass is 379 g/mol. The van der Waals surface area contributed by atoms with E-state index < -0.39 is 0 Å². The van der Waals surface area contributed by atoms with Crippen LogP contribution in [0, 0.1) is 0 Å². The first-order valence-corrected chi connectivity index (χ1v) is 8.09. The van der Waals surface area contributed by atoms with Crippen molar-refractivity contribution < 1.29 is 0 Å². The topological polar surface area (TPSA) is 88.8 Å². The first-order chi connectivity index (χ1) is 10.5. The summed E-state index contributed by atoms with van der Waals surface area (Å²) < 4.78 is 0. The van der Waals surface area contributed by atoms with Gasteiger partial charge < -0.3 is 11.5 Å². The maximum absolute atomic E-state index is 5.94. The first kappa shape index (κ1) is 21.8.